The summed E-state index contributed by atoms with van der Waals surface area (Å²) in [7, 11) is -9.17. The van der Waals surface area contributed by atoms with Crippen LogP contribution in [0.2, 0.25) is 0 Å². The molecule has 0 aliphatic rings. The first-order chi connectivity index (χ1) is 13.7. The third kappa shape index (κ3) is 13.8. The number of hydrogen-bond donors (Lipinski definition) is 2. The van der Waals surface area contributed by atoms with E-state index in [1.54, 1.807) is 22.7 Å². The van der Waals surface area contributed by atoms with Crippen LogP contribution in [0.5, 0.6) is 0 Å². The number of hydrogen-bond acceptors (Lipinski definition) is 12. The first kappa shape index (κ1) is 28.7. The highest BCUT2D eigenvalue weighted by molar-refractivity contribution is 7.89. The minimum absolute atomic E-state index is 0.695. The van der Waals surface area contributed by atoms with E-state index in [-0.39, 0.29) is 0 Å². The molecule has 0 aliphatic heterocycles. The molecule has 4 N–H and O–H groups in total. The summed E-state index contributed by atoms with van der Waals surface area (Å²) in [6.07, 6.45) is 4.56. The van der Waals surface area contributed by atoms with Crippen LogP contribution in [0.3, 0.4) is 0 Å². The Morgan fingerprint density at radius 2 is 1.07 bits per heavy atom. The Kier molecular flexibility index (Phi) is 12.6. The van der Waals surface area contributed by atoms with E-state index in [2.05, 4.69) is 23.8 Å². The van der Waals surface area contributed by atoms with Crippen LogP contribution < -0.4 is 11.5 Å². The quantitative estimate of drug-likeness (QED) is 0.531. The highest BCUT2D eigenvalue weighted by Crippen LogP contribution is 2.21. The van der Waals surface area contributed by atoms with Gasteiger partial charge in [-0.15, -0.1) is 22.7 Å². The molecule has 0 radical (unpaired) electrons. The topological polar surface area (TPSA) is 192 Å². The van der Waals surface area contributed by atoms with E-state index in [1.165, 1.54) is 22.6 Å². The number of rotatable bonds is 7. The maximum absolute atomic E-state index is 9.72. The van der Waals surface area contributed by atoms with Crippen LogP contribution in [0.4, 0.5) is 10.3 Å². The van der Waals surface area contributed by atoms with E-state index in [1.807, 2.05) is 13.8 Å². The second kappa shape index (κ2) is 13.2. The molecule has 2 rings (SSSR count). The molecule has 0 fully saturated rings. The maximum Gasteiger partial charge on any atom is 0.180 e. The molecule has 2 aromatic rings. The van der Waals surface area contributed by atoms with Gasteiger partial charge < -0.3 is 20.6 Å². The van der Waals surface area contributed by atoms with Crippen LogP contribution in [0.15, 0.2) is 0 Å². The lowest BCUT2D eigenvalue weighted by Crippen LogP contribution is -2.15. The van der Waals surface area contributed by atoms with Crippen LogP contribution in [-0.4, -0.2) is 47.4 Å². The molecule has 0 aliphatic carbocycles. The van der Waals surface area contributed by atoms with Gasteiger partial charge in [-0.05, 0) is 26.7 Å². The van der Waals surface area contributed by atoms with Gasteiger partial charge in [-0.2, -0.15) is 0 Å². The van der Waals surface area contributed by atoms with Crippen LogP contribution in [-0.2, 0) is 33.1 Å². The van der Waals surface area contributed by atoms with E-state index in [9.17, 15) is 25.9 Å². The Balaban J connectivity index is 0.000000420. The predicted molar refractivity (Wildman–Crippen MR) is 120 cm³/mol. The van der Waals surface area contributed by atoms with Crippen molar-refractivity contribution in [1.82, 2.24) is 9.97 Å². The number of aryl methyl sites for hydroxylation is 4. The average molecular weight is 501 g/mol. The smallest absolute Gasteiger partial charge is 0.180 e. The molecule has 174 valence electrons. The van der Waals surface area contributed by atoms with Crippen molar-refractivity contribution in [3.63, 3.8) is 0 Å². The molecular weight excluding hydrogens is 472 g/mol. The maximum atomic E-state index is 9.72. The number of nitrogen functional groups attached to an aromatic ring is 2. The second-order valence-corrected chi connectivity index (χ2v) is 11.4. The first-order valence-corrected chi connectivity index (χ1v) is 13.8. The summed E-state index contributed by atoms with van der Waals surface area (Å²) < 4.78 is 58.3. The second-order valence-electron chi connectivity index (χ2n) is 6.14. The van der Waals surface area contributed by atoms with Crippen LogP contribution in [0.25, 0.3) is 0 Å². The molecule has 2 aromatic heterocycles. The lowest BCUT2D eigenvalue weighted by Gasteiger charge is -2.08. The molecule has 0 aromatic carbocycles. The van der Waals surface area contributed by atoms with Gasteiger partial charge >= 0.3 is 0 Å². The molecule has 2 heterocycles. The molecule has 0 saturated carbocycles. The molecule has 0 unspecified atom stereocenters. The van der Waals surface area contributed by atoms with Crippen LogP contribution >= 0.6 is 22.7 Å². The molecular formula is C16H28N4O6S4-2. The minimum atomic E-state index is -4.59. The summed E-state index contributed by atoms with van der Waals surface area (Å²) in [5.41, 5.74) is 13.2. The van der Waals surface area contributed by atoms with Gasteiger partial charge in [0.2, 0.25) is 0 Å². The average Bonchev–Trinajstić information content (AvgIpc) is 3.07. The first-order valence-electron chi connectivity index (χ1n) is 8.99. The highest BCUT2D eigenvalue weighted by atomic mass is 32.2. The lowest BCUT2D eigenvalue weighted by molar-refractivity contribution is 0.452. The minimum Gasteiger partial charge on any atom is -0.748 e. The van der Waals surface area contributed by atoms with Crippen LogP contribution in [0.1, 0.15) is 47.8 Å². The van der Waals surface area contributed by atoms with Gasteiger partial charge in [0.15, 0.2) is 10.3 Å². The number of nitrogens with zero attached hydrogens (tertiary/aromatic N) is 2. The van der Waals surface area contributed by atoms with Gasteiger partial charge in [-0.3, -0.25) is 0 Å². The monoisotopic (exact) mass is 500 g/mol. The van der Waals surface area contributed by atoms with Crippen molar-refractivity contribution in [3.05, 3.63) is 21.1 Å². The zero-order chi connectivity index (χ0) is 23.5. The van der Waals surface area contributed by atoms with Crippen molar-refractivity contribution in [3.8, 4) is 0 Å². The van der Waals surface area contributed by atoms with E-state index >= 15 is 0 Å². The summed E-state index contributed by atoms with van der Waals surface area (Å²) in [5, 5.41) is 1.39. The van der Waals surface area contributed by atoms with Crippen molar-refractivity contribution in [1.29, 1.82) is 0 Å². The lowest BCUT2D eigenvalue weighted by atomic mass is 10.2. The van der Waals surface area contributed by atoms with Gasteiger partial charge in [-0.1, -0.05) is 26.7 Å². The van der Waals surface area contributed by atoms with Crippen molar-refractivity contribution >= 4 is 53.2 Å². The van der Waals surface area contributed by atoms with Gasteiger partial charge in [0.05, 0.1) is 43.1 Å². The molecule has 0 atom stereocenters. The van der Waals surface area contributed by atoms with Crippen molar-refractivity contribution in [2.24, 2.45) is 0 Å². The fourth-order valence-corrected chi connectivity index (χ4v) is 5.53. The highest BCUT2D eigenvalue weighted by Gasteiger charge is 2.03. The van der Waals surface area contributed by atoms with E-state index in [0.29, 0.717) is 10.3 Å². The zero-order valence-corrected chi connectivity index (χ0v) is 20.6. The fourth-order valence-electron chi connectivity index (χ4n) is 2.02. The Bertz CT molecular complexity index is 903. The number of aromatic nitrogens is 2. The Morgan fingerprint density at radius 3 is 1.23 bits per heavy atom. The number of nitrogens with two attached hydrogens (primary N) is 2. The molecule has 0 bridgehead atoms. The Morgan fingerprint density at radius 1 is 0.767 bits per heavy atom. The summed E-state index contributed by atoms with van der Waals surface area (Å²) >= 11 is 3.21. The summed E-state index contributed by atoms with van der Waals surface area (Å²) in [4.78, 5) is 10.9. The molecule has 10 nitrogen and oxygen atoms in total. The fraction of sp³-hybridized carbons (Fsp3) is 0.625. The molecule has 0 saturated heterocycles. The number of thiazole rings is 2. The Labute approximate surface area is 186 Å². The number of anilines is 2. The van der Waals surface area contributed by atoms with Gasteiger partial charge in [-0.25, -0.2) is 26.8 Å². The molecule has 0 spiro atoms. The van der Waals surface area contributed by atoms with Gasteiger partial charge in [0, 0.05) is 9.75 Å². The normalized spacial score (nSPS) is 11.3. The van der Waals surface area contributed by atoms with Crippen molar-refractivity contribution in [2.45, 2.75) is 53.4 Å². The van der Waals surface area contributed by atoms with E-state index in [4.69, 9.17) is 11.5 Å². The Hall–Kier alpha value is -1.32. The van der Waals surface area contributed by atoms with E-state index in [0.717, 1.165) is 24.2 Å². The van der Waals surface area contributed by atoms with Crippen LogP contribution in [0, 0.1) is 13.8 Å². The zero-order valence-electron chi connectivity index (χ0n) is 17.4. The van der Waals surface area contributed by atoms with E-state index < -0.39 is 31.7 Å². The summed E-state index contributed by atoms with van der Waals surface area (Å²) in [6, 6.07) is 0. The standard InChI is InChI=1S/2C7H12N2S.C2H6O6S2/c2*1-3-4-6-5(2)9-7(8)10-6;3-9(4,5)1-2-10(6,7)8/h2*3-4H2,1-2H3,(H2,8,9);1-2H2,(H,3,4,5)(H,6,7,8)/p-2. The SMILES string of the molecule is CCCc1sc(N)nc1C.CCCc1sc(N)nc1C.O=S(=O)([O-])CCS(=O)(=O)[O-]. The van der Waals surface area contributed by atoms with Crippen molar-refractivity contribution < 1.29 is 25.9 Å². The van der Waals surface area contributed by atoms with Gasteiger partial charge in [0.1, 0.15) is 0 Å². The van der Waals surface area contributed by atoms with Crippen molar-refractivity contribution in [2.75, 3.05) is 23.0 Å². The summed E-state index contributed by atoms with van der Waals surface area (Å²) in [5.74, 6) is -2.31. The summed E-state index contributed by atoms with van der Waals surface area (Å²) in [6.45, 7) is 8.35. The molecule has 0 amide bonds. The predicted octanol–water partition coefficient (Wildman–Crippen LogP) is 2.05. The third-order valence-corrected chi connectivity index (χ3v) is 7.12. The molecule has 30 heavy (non-hydrogen) atoms. The largest absolute Gasteiger partial charge is 0.748 e. The third-order valence-electron chi connectivity index (χ3n) is 3.36. The molecule has 14 heteroatoms. The van der Waals surface area contributed by atoms with Gasteiger partial charge in [0.25, 0.3) is 0 Å².